The summed E-state index contributed by atoms with van der Waals surface area (Å²) in [6, 6.07) is 0. The summed E-state index contributed by atoms with van der Waals surface area (Å²) in [7, 11) is 3.53. The fraction of sp³-hybridized carbons (Fsp3) is 0.929. The number of nitrogens with one attached hydrogen (secondary N) is 2. The van der Waals surface area contributed by atoms with Crippen LogP contribution in [0.2, 0.25) is 0 Å². The van der Waals surface area contributed by atoms with E-state index in [4.69, 9.17) is 4.74 Å². The second-order valence-electron chi connectivity index (χ2n) is 5.64. The van der Waals surface area contributed by atoms with Gasteiger partial charge in [-0.3, -0.25) is 4.99 Å². The van der Waals surface area contributed by atoms with Crippen molar-refractivity contribution in [1.29, 1.82) is 0 Å². The maximum atomic E-state index is 5.01. The Morgan fingerprint density at radius 1 is 1.21 bits per heavy atom. The lowest BCUT2D eigenvalue weighted by atomic mass is 9.86. The van der Waals surface area contributed by atoms with Crippen LogP contribution in [0.25, 0.3) is 0 Å². The molecule has 2 saturated carbocycles. The van der Waals surface area contributed by atoms with Crippen molar-refractivity contribution in [2.75, 3.05) is 33.9 Å². The molecule has 0 aromatic carbocycles. The molecule has 2 N–H and O–H groups in total. The van der Waals surface area contributed by atoms with E-state index in [1.807, 2.05) is 7.05 Å². The zero-order valence-corrected chi connectivity index (χ0v) is 14.5. The number of aliphatic imine (C=N–C) groups is 1. The summed E-state index contributed by atoms with van der Waals surface area (Å²) in [6.45, 7) is 2.57. The van der Waals surface area contributed by atoms with Crippen molar-refractivity contribution in [2.24, 2.45) is 22.7 Å². The molecule has 2 fully saturated rings. The smallest absolute Gasteiger partial charge is 0.191 e. The van der Waals surface area contributed by atoms with E-state index in [1.165, 1.54) is 32.1 Å². The van der Waals surface area contributed by atoms with Crippen molar-refractivity contribution in [3.05, 3.63) is 0 Å². The third-order valence-electron chi connectivity index (χ3n) is 4.51. The van der Waals surface area contributed by atoms with Gasteiger partial charge in [-0.15, -0.1) is 24.0 Å². The highest BCUT2D eigenvalue weighted by Gasteiger charge is 2.38. The average Bonchev–Trinajstić information content (AvgIpc) is 2.99. The van der Waals surface area contributed by atoms with Crippen LogP contribution >= 0.6 is 24.0 Å². The molecule has 0 spiro atoms. The van der Waals surface area contributed by atoms with Gasteiger partial charge in [0.1, 0.15) is 0 Å². The first-order chi connectivity index (χ1) is 8.83. The number of ether oxygens (including phenoxy) is 1. The van der Waals surface area contributed by atoms with Crippen LogP contribution in [0, 0.1) is 17.8 Å². The molecule has 0 amide bonds. The highest BCUT2D eigenvalue weighted by molar-refractivity contribution is 14.0. The molecule has 0 aliphatic heterocycles. The molecular weight excluding hydrogens is 353 g/mol. The van der Waals surface area contributed by atoms with E-state index in [0.29, 0.717) is 6.61 Å². The third-order valence-corrected chi connectivity index (χ3v) is 4.51. The molecule has 0 aromatic heterocycles. The summed E-state index contributed by atoms with van der Waals surface area (Å²) in [4.78, 5) is 4.21. The number of nitrogens with zero attached hydrogens (tertiary/aromatic N) is 1. The fourth-order valence-electron chi connectivity index (χ4n) is 3.60. The van der Waals surface area contributed by atoms with Crippen LogP contribution in [0.5, 0.6) is 0 Å². The molecule has 0 saturated heterocycles. The molecule has 0 heterocycles. The van der Waals surface area contributed by atoms with Crippen LogP contribution in [0.3, 0.4) is 0 Å². The minimum atomic E-state index is 0. The van der Waals surface area contributed by atoms with Crippen molar-refractivity contribution < 1.29 is 4.74 Å². The van der Waals surface area contributed by atoms with Gasteiger partial charge in [0, 0.05) is 27.2 Å². The summed E-state index contributed by atoms with van der Waals surface area (Å²) < 4.78 is 5.01. The summed E-state index contributed by atoms with van der Waals surface area (Å²) in [5, 5.41) is 6.64. The zero-order valence-electron chi connectivity index (χ0n) is 12.2. The Bertz CT molecular complexity index is 286. The Morgan fingerprint density at radius 2 is 2.00 bits per heavy atom. The van der Waals surface area contributed by atoms with E-state index in [2.05, 4.69) is 15.6 Å². The van der Waals surface area contributed by atoms with E-state index in [0.717, 1.165) is 36.8 Å². The molecule has 5 heteroatoms. The van der Waals surface area contributed by atoms with E-state index in [-0.39, 0.29) is 24.0 Å². The number of guanidine groups is 1. The van der Waals surface area contributed by atoms with Crippen LogP contribution in [0.1, 0.15) is 32.1 Å². The van der Waals surface area contributed by atoms with Crippen LogP contribution in [0.4, 0.5) is 0 Å². The lowest BCUT2D eigenvalue weighted by Gasteiger charge is -2.22. The number of rotatable bonds is 6. The summed E-state index contributed by atoms with van der Waals surface area (Å²) in [6.07, 6.45) is 7.25. The molecule has 2 bridgehead atoms. The molecule has 4 nitrogen and oxygen atoms in total. The van der Waals surface area contributed by atoms with Crippen molar-refractivity contribution in [3.63, 3.8) is 0 Å². The van der Waals surface area contributed by atoms with Gasteiger partial charge in [-0.25, -0.2) is 0 Å². The van der Waals surface area contributed by atoms with Gasteiger partial charge in [-0.1, -0.05) is 6.42 Å². The lowest BCUT2D eigenvalue weighted by Crippen LogP contribution is -2.39. The second kappa shape index (κ2) is 9.00. The number of hydrogen-bond donors (Lipinski definition) is 2. The van der Waals surface area contributed by atoms with Crippen molar-refractivity contribution >= 4 is 29.9 Å². The monoisotopic (exact) mass is 381 g/mol. The summed E-state index contributed by atoms with van der Waals surface area (Å²) in [5.41, 5.74) is 0. The molecule has 2 aliphatic carbocycles. The molecule has 0 radical (unpaired) electrons. The largest absolute Gasteiger partial charge is 0.383 e. The fourth-order valence-corrected chi connectivity index (χ4v) is 3.60. The number of halogens is 1. The number of methoxy groups -OCH3 is 1. The molecule has 2 rings (SSSR count). The quantitative estimate of drug-likeness (QED) is 0.321. The van der Waals surface area contributed by atoms with Gasteiger partial charge in [0.25, 0.3) is 0 Å². The molecule has 2 aliphatic rings. The van der Waals surface area contributed by atoms with Gasteiger partial charge >= 0.3 is 0 Å². The first kappa shape index (κ1) is 17.0. The van der Waals surface area contributed by atoms with Gasteiger partial charge < -0.3 is 15.4 Å². The number of fused-ring (bicyclic) bond motifs is 2. The molecule has 3 unspecified atom stereocenters. The standard InChI is InChI=1S/C14H27N3O.HI/c1-15-14(17-7-8-18-2)16-6-5-13-10-11-3-4-12(13)9-11;/h11-13H,3-10H2,1-2H3,(H2,15,16,17);1H. The van der Waals surface area contributed by atoms with Gasteiger partial charge in [0.2, 0.25) is 0 Å². The van der Waals surface area contributed by atoms with Crippen LogP contribution in [-0.4, -0.2) is 39.8 Å². The van der Waals surface area contributed by atoms with Crippen molar-refractivity contribution in [1.82, 2.24) is 10.6 Å². The summed E-state index contributed by atoms with van der Waals surface area (Å²) >= 11 is 0. The van der Waals surface area contributed by atoms with Crippen molar-refractivity contribution in [2.45, 2.75) is 32.1 Å². The molecule has 19 heavy (non-hydrogen) atoms. The topological polar surface area (TPSA) is 45.7 Å². The Hall–Kier alpha value is -0.0400. The van der Waals surface area contributed by atoms with Gasteiger partial charge in [0.15, 0.2) is 5.96 Å². The SMILES string of the molecule is CN=C(NCCOC)NCCC1CC2CCC1C2.I. The first-order valence-electron chi connectivity index (χ1n) is 7.27. The highest BCUT2D eigenvalue weighted by atomic mass is 127. The molecule has 112 valence electrons. The van der Waals surface area contributed by atoms with Crippen molar-refractivity contribution in [3.8, 4) is 0 Å². The average molecular weight is 381 g/mol. The van der Waals surface area contributed by atoms with Gasteiger partial charge in [0.05, 0.1) is 6.61 Å². The minimum Gasteiger partial charge on any atom is -0.383 e. The first-order valence-corrected chi connectivity index (χ1v) is 7.27. The number of hydrogen-bond acceptors (Lipinski definition) is 2. The normalized spacial score (nSPS) is 29.2. The van der Waals surface area contributed by atoms with Gasteiger partial charge in [-0.05, 0) is 43.4 Å². The second-order valence-corrected chi connectivity index (χ2v) is 5.64. The van der Waals surface area contributed by atoms with Crippen LogP contribution < -0.4 is 10.6 Å². The minimum absolute atomic E-state index is 0. The van der Waals surface area contributed by atoms with E-state index in [1.54, 1.807) is 7.11 Å². The van der Waals surface area contributed by atoms with Crippen LogP contribution in [-0.2, 0) is 4.74 Å². The highest BCUT2D eigenvalue weighted by Crippen LogP contribution is 2.49. The van der Waals surface area contributed by atoms with Crippen LogP contribution in [0.15, 0.2) is 4.99 Å². The Kier molecular flexibility index (Phi) is 8.06. The van der Waals surface area contributed by atoms with Gasteiger partial charge in [-0.2, -0.15) is 0 Å². The maximum absolute atomic E-state index is 5.01. The Morgan fingerprint density at radius 3 is 2.58 bits per heavy atom. The van der Waals surface area contributed by atoms with E-state index < -0.39 is 0 Å². The molecule has 0 aromatic rings. The lowest BCUT2D eigenvalue weighted by molar-refractivity contribution is 0.203. The Balaban J connectivity index is 0.00000180. The predicted molar refractivity (Wildman–Crippen MR) is 90.2 cm³/mol. The van der Waals surface area contributed by atoms with E-state index in [9.17, 15) is 0 Å². The van der Waals surface area contributed by atoms with E-state index >= 15 is 0 Å². The zero-order chi connectivity index (χ0) is 12.8. The molecular formula is C14H28IN3O. The molecule has 3 atom stereocenters. The summed E-state index contributed by atoms with van der Waals surface area (Å²) in [5.74, 6) is 3.95. The third kappa shape index (κ3) is 5.10. The Labute approximate surface area is 134 Å². The predicted octanol–water partition coefficient (Wildman–Crippen LogP) is 2.24. The maximum Gasteiger partial charge on any atom is 0.191 e.